The van der Waals surface area contributed by atoms with Gasteiger partial charge in [0.15, 0.2) is 0 Å². The molecule has 0 bridgehead atoms. The Labute approximate surface area is 120 Å². The molecule has 0 radical (unpaired) electrons. The van der Waals surface area contributed by atoms with Crippen LogP contribution in [0, 0.1) is 0 Å². The number of hydrogen-bond donors (Lipinski definition) is 0. The molecule has 0 N–H and O–H groups in total. The minimum atomic E-state index is 0.168. The summed E-state index contributed by atoms with van der Waals surface area (Å²) in [5.41, 5.74) is 1.02. The maximum absolute atomic E-state index is 12.1. The highest BCUT2D eigenvalue weighted by Gasteiger charge is 2.14. The van der Waals surface area contributed by atoms with Crippen LogP contribution >= 0.6 is 11.6 Å². The van der Waals surface area contributed by atoms with Gasteiger partial charge in [-0.05, 0) is 43.6 Å². The number of carbonyl (C=O) groups excluding carboxylic acids is 1. The van der Waals surface area contributed by atoms with Crippen LogP contribution in [-0.2, 0) is 11.2 Å². The van der Waals surface area contributed by atoms with Gasteiger partial charge in [0, 0.05) is 25.2 Å². The van der Waals surface area contributed by atoms with Crippen LogP contribution in [0.4, 0.5) is 0 Å². The quantitative estimate of drug-likeness (QED) is 0.827. The molecule has 0 aromatic heterocycles. The van der Waals surface area contributed by atoms with E-state index in [1.165, 1.54) is 25.9 Å². The summed E-state index contributed by atoms with van der Waals surface area (Å²) in [6.07, 6.45) is 3.04. The summed E-state index contributed by atoms with van der Waals surface area (Å²) in [4.78, 5) is 16.3. The predicted octanol–water partition coefficient (Wildman–Crippen LogP) is 2.44. The normalized spacial score (nSPS) is 15.7. The molecule has 2 rings (SSSR count). The Hall–Kier alpha value is -1.06. The molecule has 3 nitrogen and oxygen atoms in total. The summed E-state index contributed by atoms with van der Waals surface area (Å²) in [7, 11) is 1.88. The molecule has 1 aliphatic rings. The van der Waals surface area contributed by atoms with Crippen LogP contribution in [0.1, 0.15) is 18.4 Å². The Morgan fingerprint density at radius 2 is 1.89 bits per heavy atom. The van der Waals surface area contributed by atoms with Gasteiger partial charge in [-0.3, -0.25) is 4.79 Å². The van der Waals surface area contributed by atoms with Crippen molar-refractivity contribution in [2.24, 2.45) is 0 Å². The minimum Gasteiger partial charge on any atom is -0.344 e. The largest absolute Gasteiger partial charge is 0.344 e. The first kappa shape index (κ1) is 14.4. The molecule has 19 heavy (non-hydrogen) atoms. The number of amides is 1. The average Bonchev–Trinajstić information content (AvgIpc) is 2.91. The second kappa shape index (κ2) is 6.92. The Kier molecular flexibility index (Phi) is 5.23. The highest BCUT2D eigenvalue weighted by atomic mass is 35.5. The van der Waals surface area contributed by atoms with E-state index in [9.17, 15) is 4.79 Å². The van der Waals surface area contributed by atoms with Gasteiger partial charge in [0.05, 0.1) is 6.42 Å². The van der Waals surface area contributed by atoms with Crippen molar-refractivity contribution in [2.75, 3.05) is 33.2 Å². The predicted molar refractivity (Wildman–Crippen MR) is 78.5 cm³/mol. The number of likely N-dealkylation sites (tertiary alicyclic amines) is 1. The van der Waals surface area contributed by atoms with Gasteiger partial charge in [-0.2, -0.15) is 0 Å². The summed E-state index contributed by atoms with van der Waals surface area (Å²) in [5, 5.41) is 0.707. The molecule has 1 saturated heterocycles. The molecule has 1 fully saturated rings. The zero-order valence-corrected chi connectivity index (χ0v) is 12.2. The topological polar surface area (TPSA) is 23.6 Å². The Bertz CT molecular complexity index is 413. The first-order chi connectivity index (χ1) is 9.15. The molecule has 0 spiro atoms. The standard InChI is InChI=1S/C15H21ClN2O/c1-17(10-11-18-8-2-3-9-18)15(19)12-13-4-6-14(16)7-5-13/h4-7H,2-3,8-12H2,1H3. The van der Waals surface area contributed by atoms with Gasteiger partial charge in [-0.1, -0.05) is 23.7 Å². The number of likely N-dealkylation sites (N-methyl/N-ethyl adjacent to an activating group) is 1. The van der Waals surface area contributed by atoms with Gasteiger partial charge in [0.2, 0.25) is 5.91 Å². The molecule has 0 saturated carbocycles. The third kappa shape index (κ3) is 4.51. The van der Waals surface area contributed by atoms with Gasteiger partial charge >= 0.3 is 0 Å². The highest BCUT2D eigenvalue weighted by molar-refractivity contribution is 6.30. The average molecular weight is 281 g/mol. The van der Waals surface area contributed by atoms with E-state index < -0.39 is 0 Å². The van der Waals surface area contributed by atoms with Crippen molar-refractivity contribution < 1.29 is 4.79 Å². The fourth-order valence-electron chi connectivity index (χ4n) is 2.33. The number of nitrogens with zero attached hydrogens (tertiary/aromatic N) is 2. The van der Waals surface area contributed by atoms with Crippen LogP contribution in [-0.4, -0.2) is 48.9 Å². The zero-order valence-electron chi connectivity index (χ0n) is 11.4. The van der Waals surface area contributed by atoms with Crippen molar-refractivity contribution in [3.63, 3.8) is 0 Å². The molecule has 104 valence electrons. The summed E-state index contributed by atoms with van der Waals surface area (Å²) < 4.78 is 0. The van der Waals surface area contributed by atoms with Gasteiger partial charge < -0.3 is 9.80 Å². The summed E-state index contributed by atoms with van der Waals surface area (Å²) in [6.45, 7) is 4.16. The van der Waals surface area contributed by atoms with Crippen molar-refractivity contribution in [2.45, 2.75) is 19.3 Å². The van der Waals surface area contributed by atoms with Crippen molar-refractivity contribution in [1.82, 2.24) is 9.80 Å². The van der Waals surface area contributed by atoms with Crippen LogP contribution < -0.4 is 0 Å². The third-order valence-electron chi connectivity index (χ3n) is 3.64. The van der Waals surface area contributed by atoms with Gasteiger partial charge in [0.25, 0.3) is 0 Å². The first-order valence-electron chi connectivity index (χ1n) is 6.86. The minimum absolute atomic E-state index is 0.168. The van der Waals surface area contributed by atoms with Crippen LogP contribution in [0.3, 0.4) is 0 Å². The molecule has 1 amide bonds. The maximum atomic E-state index is 12.1. The molecule has 0 atom stereocenters. The van der Waals surface area contributed by atoms with E-state index in [0.29, 0.717) is 11.4 Å². The lowest BCUT2D eigenvalue weighted by molar-refractivity contribution is -0.129. The molecule has 1 aromatic carbocycles. The summed E-state index contributed by atoms with van der Waals surface area (Å²) in [5.74, 6) is 0.168. The highest BCUT2D eigenvalue weighted by Crippen LogP contribution is 2.11. The monoisotopic (exact) mass is 280 g/mol. The Balaban J connectivity index is 1.76. The van der Waals surface area contributed by atoms with E-state index >= 15 is 0 Å². The van der Waals surface area contributed by atoms with E-state index in [1.807, 2.05) is 36.2 Å². The van der Waals surface area contributed by atoms with Crippen molar-refractivity contribution in [3.05, 3.63) is 34.9 Å². The maximum Gasteiger partial charge on any atom is 0.226 e. The van der Waals surface area contributed by atoms with Crippen molar-refractivity contribution >= 4 is 17.5 Å². The molecular weight excluding hydrogens is 260 g/mol. The van der Waals surface area contributed by atoms with Crippen molar-refractivity contribution in [3.8, 4) is 0 Å². The van der Waals surface area contributed by atoms with Gasteiger partial charge in [0.1, 0.15) is 0 Å². The van der Waals surface area contributed by atoms with Crippen LogP contribution in [0.2, 0.25) is 5.02 Å². The lowest BCUT2D eigenvalue weighted by atomic mass is 10.1. The third-order valence-corrected chi connectivity index (χ3v) is 3.90. The lowest BCUT2D eigenvalue weighted by Crippen LogP contribution is -2.35. The number of halogens is 1. The van der Waals surface area contributed by atoms with Crippen LogP contribution in [0.15, 0.2) is 24.3 Å². The molecule has 4 heteroatoms. The Morgan fingerprint density at radius 3 is 2.53 bits per heavy atom. The Morgan fingerprint density at radius 1 is 1.26 bits per heavy atom. The lowest BCUT2D eigenvalue weighted by Gasteiger charge is -2.21. The first-order valence-corrected chi connectivity index (χ1v) is 7.24. The van der Waals surface area contributed by atoms with E-state index in [1.54, 1.807) is 0 Å². The summed E-state index contributed by atoms with van der Waals surface area (Å²) >= 11 is 5.83. The second-order valence-electron chi connectivity index (χ2n) is 5.17. The van der Waals surface area contributed by atoms with Gasteiger partial charge in [-0.15, -0.1) is 0 Å². The van der Waals surface area contributed by atoms with Crippen LogP contribution in [0.25, 0.3) is 0 Å². The number of hydrogen-bond acceptors (Lipinski definition) is 2. The molecule has 1 aliphatic heterocycles. The number of rotatable bonds is 5. The smallest absolute Gasteiger partial charge is 0.226 e. The SMILES string of the molecule is CN(CCN1CCCC1)C(=O)Cc1ccc(Cl)cc1. The fraction of sp³-hybridized carbons (Fsp3) is 0.533. The van der Waals surface area contributed by atoms with Gasteiger partial charge in [-0.25, -0.2) is 0 Å². The summed E-state index contributed by atoms with van der Waals surface area (Å²) in [6, 6.07) is 7.48. The van der Waals surface area contributed by atoms with Crippen molar-refractivity contribution in [1.29, 1.82) is 0 Å². The zero-order chi connectivity index (χ0) is 13.7. The number of carbonyl (C=O) groups is 1. The molecule has 0 unspecified atom stereocenters. The van der Waals surface area contributed by atoms with E-state index in [0.717, 1.165) is 18.7 Å². The molecule has 1 aromatic rings. The number of benzene rings is 1. The van der Waals surface area contributed by atoms with E-state index in [2.05, 4.69) is 4.90 Å². The van der Waals surface area contributed by atoms with Crippen LogP contribution in [0.5, 0.6) is 0 Å². The van der Waals surface area contributed by atoms with E-state index in [-0.39, 0.29) is 5.91 Å². The second-order valence-corrected chi connectivity index (χ2v) is 5.60. The van der Waals surface area contributed by atoms with E-state index in [4.69, 9.17) is 11.6 Å². The fourth-order valence-corrected chi connectivity index (χ4v) is 2.46. The molecule has 0 aliphatic carbocycles. The molecular formula is C15H21ClN2O. The molecule has 1 heterocycles.